The van der Waals surface area contributed by atoms with E-state index in [0.717, 1.165) is 18.7 Å². The van der Waals surface area contributed by atoms with Gasteiger partial charge in [-0.05, 0) is 24.7 Å². The van der Waals surface area contributed by atoms with E-state index in [0.29, 0.717) is 17.5 Å². The fourth-order valence-electron chi connectivity index (χ4n) is 1.73. The second-order valence-corrected chi connectivity index (χ2v) is 3.99. The van der Waals surface area contributed by atoms with Crippen LogP contribution in [-0.2, 0) is 6.54 Å². The van der Waals surface area contributed by atoms with Crippen LogP contribution >= 0.6 is 0 Å². The summed E-state index contributed by atoms with van der Waals surface area (Å²) in [4.78, 5) is 15.7. The van der Waals surface area contributed by atoms with Crippen LogP contribution in [0.15, 0.2) is 27.4 Å². The molecule has 2 rings (SSSR count). The molecule has 1 N–H and O–H groups in total. The third-order valence-corrected chi connectivity index (χ3v) is 2.54. The molecule has 0 amide bonds. The van der Waals surface area contributed by atoms with Crippen LogP contribution in [0.5, 0.6) is 0 Å². The Labute approximate surface area is 98.3 Å². The topological polar surface area (TPSA) is 73.0 Å². The summed E-state index contributed by atoms with van der Waals surface area (Å²) in [6.07, 6.45) is 0.515. The maximum Gasteiger partial charge on any atom is 0.417 e. The van der Waals surface area contributed by atoms with Gasteiger partial charge in [0.1, 0.15) is 0 Å². The highest BCUT2D eigenvalue weighted by atomic mass is 16.4. The molecule has 5 nitrogen and oxygen atoms in total. The number of fused-ring (bicyclic) bond motifs is 1. The Bertz CT molecular complexity index is 606. The van der Waals surface area contributed by atoms with Gasteiger partial charge in [0.25, 0.3) is 0 Å². The molecule has 0 aliphatic rings. The summed E-state index contributed by atoms with van der Waals surface area (Å²) < 4.78 is 4.92. The van der Waals surface area contributed by atoms with Crippen LogP contribution in [0.2, 0.25) is 0 Å². The number of hydrogen-bond donors (Lipinski definition) is 1. The molecule has 0 bridgehead atoms. The first-order valence-corrected chi connectivity index (χ1v) is 5.36. The molecule has 1 aromatic carbocycles. The molecule has 2 aromatic rings. The van der Waals surface area contributed by atoms with Gasteiger partial charge in [-0.1, -0.05) is 6.07 Å². The number of oxazole rings is 1. The third-order valence-electron chi connectivity index (χ3n) is 2.54. The Morgan fingerprint density at radius 1 is 1.53 bits per heavy atom. The van der Waals surface area contributed by atoms with Crippen molar-refractivity contribution in [1.82, 2.24) is 9.88 Å². The second-order valence-electron chi connectivity index (χ2n) is 3.99. The summed E-state index contributed by atoms with van der Waals surface area (Å²) >= 11 is 0. The van der Waals surface area contributed by atoms with Crippen molar-refractivity contribution in [3.63, 3.8) is 0 Å². The van der Waals surface area contributed by atoms with Crippen molar-refractivity contribution in [1.29, 1.82) is 5.26 Å². The zero-order valence-corrected chi connectivity index (χ0v) is 9.56. The van der Waals surface area contributed by atoms with Gasteiger partial charge in [0, 0.05) is 19.5 Å². The van der Waals surface area contributed by atoms with E-state index < -0.39 is 5.76 Å². The van der Waals surface area contributed by atoms with Crippen molar-refractivity contribution in [2.45, 2.75) is 13.0 Å². The predicted molar refractivity (Wildman–Crippen MR) is 63.4 cm³/mol. The Balaban J connectivity index is 2.14. The molecule has 17 heavy (non-hydrogen) atoms. The lowest BCUT2D eigenvalue weighted by atomic mass is 10.2. The van der Waals surface area contributed by atoms with E-state index in [9.17, 15) is 4.79 Å². The summed E-state index contributed by atoms with van der Waals surface area (Å²) in [6, 6.07) is 7.70. The molecule has 0 spiro atoms. The van der Waals surface area contributed by atoms with Crippen molar-refractivity contribution < 1.29 is 4.42 Å². The number of nitrogens with one attached hydrogen (secondary N) is 1. The molecular formula is C12H13N3O2. The molecule has 0 aliphatic heterocycles. The lowest BCUT2D eigenvalue weighted by Crippen LogP contribution is -2.18. The van der Waals surface area contributed by atoms with Gasteiger partial charge in [0.15, 0.2) is 5.58 Å². The maximum atomic E-state index is 11.0. The van der Waals surface area contributed by atoms with Crippen molar-refractivity contribution >= 4 is 11.1 Å². The minimum atomic E-state index is -0.435. The van der Waals surface area contributed by atoms with Gasteiger partial charge in [-0.2, -0.15) is 5.26 Å². The smallest absolute Gasteiger partial charge is 0.408 e. The van der Waals surface area contributed by atoms with E-state index in [1.54, 1.807) is 6.07 Å². The van der Waals surface area contributed by atoms with Gasteiger partial charge in [0.05, 0.1) is 11.6 Å². The summed E-state index contributed by atoms with van der Waals surface area (Å²) in [5, 5.41) is 8.50. The summed E-state index contributed by atoms with van der Waals surface area (Å²) in [5.74, 6) is -0.435. The number of hydrogen-bond acceptors (Lipinski definition) is 4. The molecule has 1 aromatic heterocycles. The van der Waals surface area contributed by atoms with Gasteiger partial charge < -0.3 is 9.32 Å². The molecular weight excluding hydrogens is 218 g/mol. The van der Waals surface area contributed by atoms with E-state index >= 15 is 0 Å². The average molecular weight is 231 g/mol. The number of benzene rings is 1. The molecule has 1 heterocycles. The lowest BCUT2D eigenvalue weighted by molar-refractivity contribution is 0.335. The fourth-order valence-corrected chi connectivity index (χ4v) is 1.73. The fraction of sp³-hybridized carbons (Fsp3) is 0.333. The van der Waals surface area contributed by atoms with Crippen molar-refractivity contribution in [3.8, 4) is 6.07 Å². The van der Waals surface area contributed by atoms with Crippen LogP contribution < -0.4 is 5.76 Å². The number of H-pyrrole nitrogens is 1. The number of aromatic nitrogens is 1. The van der Waals surface area contributed by atoms with E-state index in [4.69, 9.17) is 9.68 Å². The van der Waals surface area contributed by atoms with Crippen LogP contribution in [-0.4, -0.2) is 23.5 Å². The molecule has 88 valence electrons. The van der Waals surface area contributed by atoms with Gasteiger partial charge >= 0.3 is 5.76 Å². The third kappa shape index (κ3) is 2.74. The highest BCUT2D eigenvalue weighted by molar-refractivity contribution is 5.72. The molecule has 0 atom stereocenters. The van der Waals surface area contributed by atoms with Crippen LogP contribution in [0.4, 0.5) is 0 Å². The van der Waals surface area contributed by atoms with Gasteiger partial charge in [0.2, 0.25) is 0 Å². The second kappa shape index (κ2) is 4.85. The maximum absolute atomic E-state index is 11.0. The Hall–Kier alpha value is -2.06. The number of nitriles is 1. The first-order chi connectivity index (χ1) is 8.19. The van der Waals surface area contributed by atoms with Crippen molar-refractivity contribution in [3.05, 3.63) is 34.3 Å². The Morgan fingerprint density at radius 2 is 2.35 bits per heavy atom. The normalized spacial score (nSPS) is 10.9. The van der Waals surface area contributed by atoms with Crippen molar-refractivity contribution in [2.24, 2.45) is 0 Å². The molecule has 0 saturated heterocycles. The molecule has 0 aliphatic carbocycles. The first-order valence-electron chi connectivity index (χ1n) is 5.36. The van der Waals surface area contributed by atoms with E-state index in [1.807, 2.05) is 19.2 Å². The van der Waals surface area contributed by atoms with Crippen LogP contribution in [0.3, 0.4) is 0 Å². The lowest BCUT2D eigenvalue weighted by Gasteiger charge is -2.14. The largest absolute Gasteiger partial charge is 0.417 e. The number of rotatable bonds is 4. The molecule has 0 fully saturated rings. The van der Waals surface area contributed by atoms with Gasteiger partial charge in [-0.25, -0.2) is 4.79 Å². The summed E-state index contributed by atoms with van der Waals surface area (Å²) in [7, 11) is 1.96. The predicted octanol–water partition coefficient (Wildman–Crippen LogP) is 1.47. The van der Waals surface area contributed by atoms with Crippen LogP contribution in [0, 0.1) is 11.3 Å². The average Bonchev–Trinajstić information content (AvgIpc) is 2.65. The highest BCUT2D eigenvalue weighted by Gasteiger charge is 2.04. The number of aromatic amines is 1. The minimum Gasteiger partial charge on any atom is -0.408 e. The SMILES string of the molecule is CN(CCC#N)Cc1ccc2oc(=O)[nH]c2c1. The summed E-state index contributed by atoms with van der Waals surface area (Å²) in [5.41, 5.74) is 2.36. The van der Waals surface area contributed by atoms with E-state index in [-0.39, 0.29) is 0 Å². The monoisotopic (exact) mass is 231 g/mol. The summed E-state index contributed by atoms with van der Waals surface area (Å²) in [6.45, 7) is 1.47. The minimum absolute atomic E-state index is 0.435. The van der Waals surface area contributed by atoms with Crippen LogP contribution in [0.25, 0.3) is 11.1 Å². The van der Waals surface area contributed by atoms with Crippen LogP contribution in [0.1, 0.15) is 12.0 Å². The molecule has 5 heteroatoms. The Morgan fingerprint density at radius 3 is 3.12 bits per heavy atom. The van der Waals surface area contributed by atoms with Crippen molar-refractivity contribution in [2.75, 3.05) is 13.6 Å². The quantitative estimate of drug-likeness (QED) is 0.864. The molecule has 0 saturated carbocycles. The highest BCUT2D eigenvalue weighted by Crippen LogP contribution is 2.13. The number of nitrogens with zero attached hydrogens (tertiary/aromatic N) is 2. The van der Waals surface area contributed by atoms with Gasteiger partial charge in [-0.15, -0.1) is 0 Å². The zero-order chi connectivity index (χ0) is 12.3. The van der Waals surface area contributed by atoms with E-state index in [2.05, 4.69) is 16.0 Å². The molecule has 0 unspecified atom stereocenters. The standard InChI is InChI=1S/C12H13N3O2/c1-15(6-2-5-13)8-9-3-4-11-10(7-9)14-12(16)17-11/h3-4,7H,2,6,8H2,1H3,(H,14,16). The van der Waals surface area contributed by atoms with E-state index in [1.165, 1.54) is 0 Å². The first kappa shape index (κ1) is 11.4. The molecule has 0 radical (unpaired) electrons. The zero-order valence-electron chi connectivity index (χ0n) is 9.56. The van der Waals surface area contributed by atoms with Gasteiger partial charge in [-0.3, -0.25) is 4.98 Å². The Kier molecular flexibility index (Phi) is 3.26.